The van der Waals surface area contributed by atoms with E-state index in [-0.39, 0.29) is 0 Å². The predicted molar refractivity (Wildman–Crippen MR) is 81.0 cm³/mol. The summed E-state index contributed by atoms with van der Waals surface area (Å²) in [6.07, 6.45) is 0. The lowest BCUT2D eigenvalue weighted by atomic mass is 10.0. The summed E-state index contributed by atoms with van der Waals surface area (Å²) in [5, 5.41) is 3.22. The van der Waals surface area contributed by atoms with Gasteiger partial charge in [-0.3, -0.25) is 0 Å². The lowest BCUT2D eigenvalue weighted by Gasteiger charge is -2.10. The molecule has 106 valence electrons. The Morgan fingerprint density at radius 2 is 1.90 bits per heavy atom. The van der Waals surface area contributed by atoms with E-state index < -0.39 is 0 Å². The molecule has 2 rings (SSSR count). The fourth-order valence-corrected chi connectivity index (χ4v) is 1.87. The Labute approximate surface area is 119 Å². The minimum atomic E-state index is 0.339. The van der Waals surface area contributed by atoms with Gasteiger partial charge in [0.05, 0.1) is 0 Å². The molecule has 0 unspecified atom stereocenters. The monoisotopic (exact) mass is 272 g/mol. The van der Waals surface area contributed by atoms with Gasteiger partial charge < -0.3 is 15.8 Å². The smallest absolute Gasteiger partial charge is 0.158 e. The molecule has 5 heteroatoms. The maximum Gasteiger partial charge on any atom is 0.158 e. The normalized spacial score (nSPS) is 10.8. The van der Waals surface area contributed by atoms with Crippen molar-refractivity contribution < 1.29 is 4.74 Å². The number of ether oxygens (including phenoxy) is 1. The first-order chi connectivity index (χ1) is 9.58. The highest BCUT2D eigenvalue weighted by Crippen LogP contribution is 2.20. The van der Waals surface area contributed by atoms with Crippen molar-refractivity contribution in [3.63, 3.8) is 0 Å². The van der Waals surface area contributed by atoms with Gasteiger partial charge in [-0.2, -0.15) is 0 Å². The summed E-state index contributed by atoms with van der Waals surface area (Å²) in [6, 6.07) is 9.98. The molecule has 1 aromatic carbocycles. The Hall–Kier alpha value is -2.14. The third-order valence-electron chi connectivity index (χ3n) is 2.92. The highest BCUT2D eigenvalue weighted by Gasteiger charge is 2.04. The second kappa shape index (κ2) is 6.34. The number of hydrogen-bond acceptors (Lipinski definition) is 5. The standard InChI is InChI=1S/C15H20N4O/c1-10(2)11-4-6-12(7-5-11)17-14-8-13(16)18-15(19-14)9-20-3/h4-8,10H,9H2,1-3H3,(H3,16,17,18,19). The summed E-state index contributed by atoms with van der Waals surface area (Å²) in [6.45, 7) is 4.68. The summed E-state index contributed by atoms with van der Waals surface area (Å²) >= 11 is 0. The van der Waals surface area contributed by atoms with Crippen LogP contribution in [-0.2, 0) is 11.3 Å². The highest BCUT2D eigenvalue weighted by atomic mass is 16.5. The average molecular weight is 272 g/mol. The van der Waals surface area contributed by atoms with Crippen molar-refractivity contribution in [3.8, 4) is 0 Å². The molecule has 0 amide bonds. The van der Waals surface area contributed by atoms with Gasteiger partial charge in [0.25, 0.3) is 0 Å². The Kier molecular flexibility index (Phi) is 4.53. The first kappa shape index (κ1) is 14.3. The minimum Gasteiger partial charge on any atom is -0.384 e. The van der Waals surface area contributed by atoms with E-state index >= 15 is 0 Å². The van der Waals surface area contributed by atoms with Gasteiger partial charge in [0.2, 0.25) is 0 Å². The number of benzene rings is 1. The van der Waals surface area contributed by atoms with Gasteiger partial charge in [0, 0.05) is 18.9 Å². The zero-order valence-electron chi connectivity index (χ0n) is 12.1. The Bertz CT molecular complexity index is 567. The first-order valence-corrected chi connectivity index (χ1v) is 6.58. The van der Waals surface area contributed by atoms with Crippen LogP contribution in [0, 0.1) is 0 Å². The second-order valence-corrected chi connectivity index (χ2v) is 4.93. The van der Waals surface area contributed by atoms with Crippen molar-refractivity contribution >= 4 is 17.3 Å². The lowest BCUT2D eigenvalue weighted by molar-refractivity contribution is 0.178. The van der Waals surface area contributed by atoms with Crippen molar-refractivity contribution in [2.45, 2.75) is 26.4 Å². The van der Waals surface area contributed by atoms with Crippen LogP contribution in [0.3, 0.4) is 0 Å². The van der Waals surface area contributed by atoms with Crippen molar-refractivity contribution in [2.24, 2.45) is 0 Å². The zero-order chi connectivity index (χ0) is 14.5. The van der Waals surface area contributed by atoms with E-state index in [1.54, 1.807) is 13.2 Å². The summed E-state index contributed by atoms with van der Waals surface area (Å²) < 4.78 is 5.02. The molecule has 5 nitrogen and oxygen atoms in total. The SMILES string of the molecule is COCc1nc(N)cc(Nc2ccc(C(C)C)cc2)n1. The number of nitrogen functional groups attached to an aromatic ring is 1. The van der Waals surface area contributed by atoms with Gasteiger partial charge in [0.1, 0.15) is 18.2 Å². The molecule has 0 fully saturated rings. The van der Waals surface area contributed by atoms with E-state index in [1.807, 2.05) is 12.1 Å². The molecule has 0 spiro atoms. The van der Waals surface area contributed by atoms with Crippen LogP contribution in [0.2, 0.25) is 0 Å². The second-order valence-electron chi connectivity index (χ2n) is 4.93. The van der Waals surface area contributed by atoms with Crippen LogP contribution < -0.4 is 11.1 Å². The van der Waals surface area contributed by atoms with Crippen LogP contribution in [0.15, 0.2) is 30.3 Å². The Balaban J connectivity index is 2.16. The van der Waals surface area contributed by atoms with E-state index in [2.05, 4.69) is 41.3 Å². The fraction of sp³-hybridized carbons (Fsp3) is 0.333. The molecule has 0 atom stereocenters. The molecular formula is C15H20N4O. The molecule has 3 N–H and O–H groups in total. The van der Waals surface area contributed by atoms with Crippen LogP contribution in [0.1, 0.15) is 31.2 Å². The number of nitrogens with two attached hydrogens (primary N) is 1. The number of nitrogens with zero attached hydrogens (tertiary/aromatic N) is 2. The highest BCUT2D eigenvalue weighted by molar-refractivity contribution is 5.58. The lowest BCUT2D eigenvalue weighted by Crippen LogP contribution is -2.04. The van der Waals surface area contributed by atoms with Crippen molar-refractivity contribution in [2.75, 3.05) is 18.2 Å². The zero-order valence-corrected chi connectivity index (χ0v) is 12.1. The van der Waals surface area contributed by atoms with Gasteiger partial charge >= 0.3 is 0 Å². The van der Waals surface area contributed by atoms with E-state index in [1.165, 1.54) is 5.56 Å². The van der Waals surface area contributed by atoms with Crippen LogP contribution >= 0.6 is 0 Å². The quantitative estimate of drug-likeness (QED) is 0.875. The molecule has 0 aliphatic rings. The van der Waals surface area contributed by atoms with E-state index in [9.17, 15) is 0 Å². The van der Waals surface area contributed by atoms with Crippen LogP contribution in [0.4, 0.5) is 17.3 Å². The van der Waals surface area contributed by atoms with Gasteiger partial charge in [-0.25, -0.2) is 9.97 Å². The predicted octanol–water partition coefficient (Wildman–Crippen LogP) is 3.07. The average Bonchev–Trinajstić information content (AvgIpc) is 2.39. The number of rotatable bonds is 5. The number of methoxy groups -OCH3 is 1. The molecule has 20 heavy (non-hydrogen) atoms. The third-order valence-corrected chi connectivity index (χ3v) is 2.92. The molecule has 1 aromatic heterocycles. The van der Waals surface area contributed by atoms with Gasteiger partial charge in [-0.1, -0.05) is 26.0 Å². The molecule has 1 heterocycles. The molecule has 0 aliphatic heterocycles. The van der Waals surface area contributed by atoms with Crippen LogP contribution in [0.25, 0.3) is 0 Å². The Morgan fingerprint density at radius 1 is 1.20 bits per heavy atom. The summed E-state index contributed by atoms with van der Waals surface area (Å²) in [5.74, 6) is 2.18. The maximum atomic E-state index is 5.76. The van der Waals surface area contributed by atoms with Gasteiger partial charge in [0.15, 0.2) is 5.82 Å². The summed E-state index contributed by atoms with van der Waals surface area (Å²) in [5.41, 5.74) is 8.03. The topological polar surface area (TPSA) is 73.1 Å². The molecule has 0 radical (unpaired) electrons. The van der Waals surface area contributed by atoms with Crippen LogP contribution in [-0.4, -0.2) is 17.1 Å². The molecule has 0 saturated heterocycles. The first-order valence-electron chi connectivity index (χ1n) is 6.58. The largest absolute Gasteiger partial charge is 0.384 e. The molecule has 0 aliphatic carbocycles. The van der Waals surface area contributed by atoms with Crippen molar-refractivity contribution in [1.82, 2.24) is 9.97 Å². The van der Waals surface area contributed by atoms with Gasteiger partial charge in [-0.05, 0) is 23.6 Å². The van der Waals surface area contributed by atoms with Crippen LogP contribution in [0.5, 0.6) is 0 Å². The molecule has 0 saturated carbocycles. The molecule has 0 bridgehead atoms. The number of anilines is 3. The number of nitrogens with one attached hydrogen (secondary N) is 1. The fourth-order valence-electron chi connectivity index (χ4n) is 1.87. The third kappa shape index (κ3) is 3.68. The molecular weight excluding hydrogens is 252 g/mol. The Morgan fingerprint density at radius 3 is 2.50 bits per heavy atom. The number of aromatic nitrogens is 2. The molecule has 2 aromatic rings. The summed E-state index contributed by atoms with van der Waals surface area (Å²) in [7, 11) is 1.60. The minimum absolute atomic E-state index is 0.339. The van der Waals surface area contributed by atoms with E-state index in [0.717, 1.165) is 5.69 Å². The maximum absolute atomic E-state index is 5.76. The summed E-state index contributed by atoms with van der Waals surface area (Å²) in [4.78, 5) is 8.45. The van der Waals surface area contributed by atoms with Gasteiger partial charge in [-0.15, -0.1) is 0 Å². The van der Waals surface area contributed by atoms with Crippen molar-refractivity contribution in [1.29, 1.82) is 0 Å². The van der Waals surface area contributed by atoms with Crippen molar-refractivity contribution in [3.05, 3.63) is 41.7 Å². The van der Waals surface area contributed by atoms with E-state index in [4.69, 9.17) is 10.5 Å². The number of hydrogen-bond donors (Lipinski definition) is 2. The van der Waals surface area contributed by atoms with E-state index in [0.29, 0.717) is 30.0 Å².